The molecule has 0 bridgehead atoms. The summed E-state index contributed by atoms with van der Waals surface area (Å²) in [5, 5.41) is 3.49. The van der Waals surface area contributed by atoms with Gasteiger partial charge in [0.15, 0.2) is 0 Å². The summed E-state index contributed by atoms with van der Waals surface area (Å²) in [6.45, 7) is 4.53. The lowest BCUT2D eigenvalue weighted by atomic mass is 9.89. The molecule has 0 aliphatic heterocycles. The van der Waals surface area contributed by atoms with E-state index in [4.69, 9.17) is 0 Å². The number of hydrogen-bond acceptors (Lipinski definition) is 3. The number of aryl methyl sites for hydroxylation is 1. The first-order valence-corrected chi connectivity index (χ1v) is 8.19. The van der Waals surface area contributed by atoms with E-state index in [1.165, 1.54) is 32.1 Å². The highest BCUT2D eigenvalue weighted by atomic mass is 127. The molecule has 1 heterocycles. The van der Waals surface area contributed by atoms with Gasteiger partial charge in [0.1, 0.15) is 5.82 Å². The van der Waals surface area contributed by atoms with Gasteiger partial charge in [0, 0.05) is 19.3 Å². The zero-order chi connectivity index (χ0) is 13.7. The van der Waals surface area contributed by atoms with Crippen LogP contribution in [-0.2, 0) is 6.54 Å². The summed E-state index contributed by atoms with van der Waals surface area (Å²) in [7, 11) is 0. The van der Waals surface area contributed by atoms with Gasteiger partial charge in [-0.1, -0.05) is 19.3 Å². The van der Waals surface area contributed by atoms with Crippen LogP contribution in [-0.4, -0.2) is 22.6 Å². The first-order valence-electron chi connectivity index (χ1n) is 7.11. The first-order chi connectivity index (χ1) is 9.18. The smallest absolute Gasteiger partial charge is 0.266 e. The Kier molecular flexibility index (Phi) is 5.81. The summed E-state index contributed by atoms with van der Waals surface area (Å²) >= 11 is 2.05. The van der Waals surface area contributed by atoms with E-state index in [0.29, 0.717) is 10.1 Å². The molecule has 0 radical (unpaired) electrons. The standard InChI is InChI=1S/C14H22IN3O/c1-11-17-10-13(15)14(19)18(11)8-7-16-9-12-5-3-2-4-6-12/h10,12,16H,2-9H2,1H3. The number of nitrogens with zero attached hydrogens (tertiary/aromatic N) is 2. The Morgan fingerprint density at radius 1 is 1.42 bits per heavy atom. The number of halogens is 1. The van der Waals surface area contributed by atoms with E-state index in [2.05, 4.69) is 10.3 Å². The molecular weight excluding hydrogens is 353 g/mol. The van der Waals surface area contributed by atoms with Crippen LogP contribution in [0.3, 0.4) is 0 Å². The lowest BCUT2D eigenvalue weighted by Gasteiger charge is -2.22. The zero-order valence-electron chi connectivity index (χ0n) is 11.5. The fraction of sp³-hybridized carbons (Fsp3) is 0.714. The maximum absolute atomic E-state index is 12.0. The Morgan fingerprint density at radius 3 is 2.89 bits per heavy atom. The molecule has 0 aromatic carbocycles. The molecule has 1 aromatic heterocycles. The van der Waals surface area contributed by atoms with Crippen molar-refractivity contribution in [2.75, 3.05) is 13.1 Å². The summed E-state index contributed by atoms with van der Waals surface area (Å²) in [6.07, 6.45) is 8.52. The summed E-state index contributed by atoms with van der Waals surface area (Å²) in [6, 6.07) is 0. The van der Waals surface area contributed by atoms with Gasteiger partial charge in [0.05, 0.1) is 3.57 Å². The van der Waals surface area contributed by atoms with Gasteiger partial charge in [-0.05, 0) is 54.8 Å². The monoisotopic (exact) mass is 375 g/mol. The van der Waals surface area contributed by atoms with E-state index in [-0.39, 0.29) is 5.56 Å². The highest BCUT2D eigenvalue weighted by molar-refractivity contribution is 14.1. The molecule has 0 amide bonds. The van der Waals surface area contributed by atoms with Crippen molar-refractivity contribution >= 4 is 22.6 Å². The van der Waals surface area contributed by atoms with Gasteiger partial charge in [0.25, 0.3) is 5.56 Å². The van der Waals surface area contributed by atoms with E-state index in [0.717, 1.165) is 24.8 Å². The largest absolute Gasteiger partial charge is 0.315 e. The number of hydrogen-bond donors (Lipinski definition) is 1. The molecule has 0 saturated heterocycles. The molecule has 1 aliphatic carbocycles. The summed E-state index contributed by atoms with van der Waals surface area (Å²) in [5.41, 5.74) is 0.0765. The van der Waals surface area contributed by atoms with Crippen LogP contribution in [0.2, 0.25) is 0 Å². The van der Waals surface area contributed by atoms with Crippen LogP contribution in [0.25, 0.3) is 0 Å². The Hall–Kier alpha value is -0.430. The van der Waals surface area contributed by atoms with Crippen molar-refractivity contribution in [2.45, 2.75) is 45.6 Å². The topological polar surface area (TPSA) is 46.9 Å². The van der Waals surface area contributed by atoms with Gasteiger partial charge in [-0.2, -0.15) is 0 Å². The Balaban J connectivity index is 1.79. The molecule has 4 nitrogen and oxygen atoms in total. The molecule has 0 spiro atoms. The van der Waals surface area contributed by atoms with E-state index < -0.39 is 0 Å². The van der Waals surface area contributed by atoms with Gasteiger partial charge in [-0.15, -0.1) is 0 Å². The summed E-state index contributed by atoms with van der Waals surface area (Å²) in [5.74, 6) is 1.63. The van der Waals surface area contributed by atoms with Crippen molar-refractivity contribution < 1.29 is 0 Å². The van der Waals surface area contributed by atoms with Crippen molar-refractivity contribution in [3.63, 3.8) is 0 Å². The quantitative estimate of drug-likeness (QED) is 0.635. The fourth-order valence-corrected chi connectivity index (χ4v) is 3.13. The van der Waals surface area contributed by atoms with E-state index in [9.17, 15) is 4.79 Å². The second-order valence-electron chi connectivity index (χ2n) is 5.32. The highest BCUT2D eigenvalue weighted by Gasteiger charge is 2.12. The van der Waals surface area contributed by atoms with Crippen LogP contribution in [0.5, 0.6) is 0 Å². The van der Waals surface area contributed by atoms with Gasteiger partial charge in [-0.25, -0.2) is 4.98 Å². The highest BCUT2D eigenvalue weighted by Crippen LogP contribution is 2.22. The minimum Gasteiger partial charge on any atom is -0.315 e. The Morgan fingerprint density at radius 2 is 2.16 bits per heavy atom. The van der Waals surface area contributed by atoms with Crippen LogP contribution in [0.4, 0.5) is 0 Å². The molecule has 1 N–H and O–H groups in total. The van der Waals surface area contributed by atoms with Crippen LogP contribution in [0.15, 0.2) is 11.0 Å². The number of rotatable bonds is 5. The Labute approximate surface area is 128 Å². The normalized spacial score (nSPS) is 16.7. The van der Waals surface area contributed by atoms with Crippen LogP contribution >= 0.6 is 22.6 Å². The molecule has 19 heavy (non-hydrogen) atoms. The maximum Gasteiger partial charge on any atom is 0.266 e. The number of aromatic nitrogens is 2. The van der Waals surface area contributed by atoms with Crippen LogP contribution < -0.4 is 10.9 Å². The van der Waals surface area contributed by atoms with Crippen molar-refractivity contribution in [1.82, 2.24) is 14.9 Å². The molecule has 106 valence electrons. The molecule has 1 aromatic rings. The molecule has 2 rings (SSSR count). The van der Waals surface area contributed by atoms with Gasteiger partial charge in [-0.3, -0.25) is 9.36 Å². The molecule has 1 saturated carbocycles. The minimum absolute atomic E-state index is 0.0765. The van der Waals surface area contributed by atoms with Crippen molar-refractivity contribution in [2.24, 2.45) is 5.92 Å². The summed E-state index contributed by atoms with van der Waals surface area (Å²) in [4.78, 5) is 16.2. The third-order valence-corrected chi connectivity index (χ3v) is 4.61. The van der Waals surface area contributed by atoms with Gasteiger partial charge >= 0.3 is 0 Å². The molecule has 0 unspecified atom stereocenters. The second kappa shape index (κ2) is 7.38. The lowest BCUT2D eigenvalue weighted by Crippen LogP contribution is -2.32. The van der Waals surface area contributed by atoms with Crippen molar-refractivity contribution in [1.29, 1.82) is 0 Å². The zero-order valence-corrected chi connectivity index (χ0v) is 13.6. The predicted molar refractivity (Wildman–Crippen MR) is 85.4 cm³/mol. The lowest BCUT2D eigenvalue weighted by molar-refractivity contribution is 0.340. The summed E-state index contributed by atoms with van der Waals surface area (Å²) < 4.78 is 2.45. The number of nitrogens with one attached hydrogen (secondary N) is 1. The van der Waals surface area contributed by atoms with Crippen molar-refractivity contribution in [3.8, 4) is 0 Å². The molecule has 1 fully saturated rings. The maximum atomic E-state index is 12.0. The van der Waals surface area contributed by atoms with E-state index >= 15 is 0 Å². The molecule has 5 heteroatoms. The third kappa shape index (κ3) is 4.27. The van der Waals surface area contributed by atoms with Gasteiger partial charge in [0.2, 0.25) is 0 Å². The van der Waals surface area contributed by atoms with Crippen molar-refractivity contribution in [3.05, 3.63) is 25.9 Å². The Bertz CT molecular complexity index is 466. The van der Waals surface area contributed by atoms with E-state index in [1.807, 2.05) is 29.5 Å². The third-order valence-electron chi connectivity index (χ3n) is 3.87. The second-order valence-corrected chi connectivity index (χ2v) is 6.48. The molecule has 1 aliphatic rings. The van der Waals surface area contributed by atoms with E-state index in [1.54, 1.807) is 10.8 Å². The average molecular weight is 375 g/mol. The average Bonchev–Trinajstić information content (AvgIpc) is 2.43. The van der Waals surface area contributed by atoms with Gasteiger partial charge < -0.3 is 5.32 Å². The molecular formula is C14H22IN3O. The predicted octanol–water partition coefficient (Wildman–Crippen LogP) is 2.33. The fourth-order valence-electron chi connectivity index (χ4n) is 2.70. The van der Waals surface area contributed by atoms with Crippen LogP contribution in [0, 0.1) is 16.4 Å². The van der Waals surface area contributed by atoms with Crippen LogP contribution in [0.1, 0.15) is 37.9 Å². The minimum atomic E-state index is 0.0765. The SMILES string of the molecule is Cc1ncc(I)c(=O)n1CCNCC1CCCCC1. The first kappa shape index (κ1) is 15.0. The molecule has 0 atom stereocenters.